The Morgan fingerprint density at radius 1 is 1.09 bits per heavy atom. The third-order valence-corrected chi connectivity index (χ3v) is 6.45. The van der Waals surface area contributed by atoms with Gasteiger partial charge in [0.15, 0.2) is 6.61 Å². The van der Waals surface area contributed by atoms with E-state index in [1.165, 1.54) is 17.5 Å². The number of amides is 1. The van der Waals surface area contributed by atoms with Gasteiger partial charge in [-0.25, -0.2) is 4.79 Å². The molecule has 1 aliphatic carbocycles. The number of ether oxygens (including phenoxy) is 1. The summed E-state index contributed by atoms with van der Waals surface area (Å²) in [5.74, 6) is -0.315. The number of hydrogen-bond donors (Lipinski definition) is 1. The highest BCUT2D eigenvalue weighted by Gasteiger charge is 2.28. The minimum absolute atomic E-state index is 0.173. The molecule has 33 heavy (non-hydrogen) atoms. The molecule has 4 aromatic heterocycles. The van der Waals surface area contributed by atoms with Gasteiger partial charge in [-0.1, -0.05) is 5.16 Å². The van der Waals surface area contributed by atoms with Crippen molar-refractivity contribution in [2.45, 2.75) is 32.3 Å². The molecule has 0 bridgehead atoms. The van der Waals surface area contributed by atoms with E-state index in [0.717, 1.165) is 36.1 Å². The molecule has 0 spiro atoms. The fourth-order valence-electron chi connectivity index (χ4n) is 3.67. The van der Waals surface area contributed by atoms with E-state index < -0.39 is 5.97 Å². The molecule has 0 radical (unpaired) electrons. The number of hydrogen-bond acceptors (Lipinski definition) is 9. The number of nitrogens with one attached hydrogen (secondary N) is 1. The number of anilines is 1. The average Bonchev–Trinajstić information content (AvgIpc) is 3.48. The highest BCUT2D eigenvalue weighted by molar-refractivity contribution is 7.17. The number of aromatic nitrogens is 4. The number of nitrogens with zero attached hydrogens (tertiary/aromatic N) is 4. The smallest absolute Gasteiger partial charge is 0.341 e. The van der Waals surface area contributed by atoms with Crippen molar-refractivity contribution in [3.8, 4) is 11.4 Å². The van der Waals surface area contributed by atoms with Crippen LogP contribution in [0.25, 0.3) is 11.4 Å². The molecule has 166 valence electrons. The van der Waals surface area contributed by atoms with Gasteiger partial charge in [0.2, 0.25) is 5.82 Å². The minimum Gasteiger partial charge on any atom is -0.452 e. The number of esters is 1. The molecule has 5 rings (SSSR count). The summed E-state index contributed by atoms with van der Waals surface area (Å²) in [7, 11) is 0. The van der Waals surface area contributed by atoms with Crippen molar-refractivity contribution in [1.29, 1.82) is 0 Å². The second kappa shape index (κ2) is 9.29. The number of rotatable bonds is 6. The summed E-state index contributed by atoms with van der Waals surface area (Å²) in [6.07, 6.45) is 10.0. The van der Waals surface area contributed by atoms with Gasteiger partial charge >= 0.3 is 5.97 Å². The summed E-state index contributed by atoms with van der Waals surface area (Å²) in [4.78, 5) is 39.1. The summed E-state index contributed by atoms with van der Waals surface area (Å²) in [6.45, 7) is -0.174. The van der Waals surface area contributed by atoms with Gasteiger partial charge in [-0.05, 0) is 55.5 Å². The van der Waals surface area contributed by atoms with Crippen LogP contribution < -0.4 is 5.32 Å². The van der Waals surface area contributed by atoms with Gasteiger partial charge in [0.1, 0.15) is 5.00 Å². The van der Waals surface area contributed by atoms with E-state index >= 15 is 0 Å². The molecule has 0 saturated carbocycles. The summed E-state index contributed by atoms with van der Waals surface area (Å²) in [6, 6.07) is 6.94. The third kappa shape index (κ3) is 4.51. The van der Waals surface area contributed by atoms with E-state index in [1.807, 2.05) is 6.07 Å². The molecular formula is C23H19N5O4S. The van der Waals surface area contributed by atoms with Gasteiger partial charge < -0.3 is 14.6 Å². The van der Waals surface area contributed by atoms with Gasteiger partial charge in [0.05, 0.1) is 11.1 Å². The molecule has 1 amide bonds. The van der Waals surface area contributed by atoms with Crippen LogP contribution >= 0.6 is 11.3 Å². The fourth-order valence-corrected chi connectivity index (χ4v) is 4.94. The van der Waals surface area contributed by atoms with Crippen molar-refractivity contribution >= 4 is 28.2 Å². The van der Waals surface area contributed by atoms with E-state index in [-0.39, 0.29) is 18.4 Å². The molecule has 4 heterocycles. The topological polar surface area (TPSA) is 120 Å². The molecule has 0 fully saturated rings. The summed E-state index contributed by atoms with van der Waals surface area (Å²) in [5, 5.41) is 7.27. The quantitative estimate of drug-likeness (QED) is 0.427. The Kier molecular flexibility index (Phi) is 5.90. The molecule has 0 unspecified atom stereocenters. The van der Waals surface area contributed by atoms with E-state index in [1.54, 1.807) is 36.8 Å². The molecule has 1 aliphatic rings. The number of thiophene rings is 1. The maximum absolute atomic E-state index is 13.1. The Hall–Kier alpha value is -3.92. The van der Waals surface area contributed by atoms with Gasteiger partial charge in [0, 0.05) is 35.2 Å². The summed E-state index contributed by atoms with van der Waals surface area (Å²) < 4.78 is 10.7. The Labute approximate surface area is 192 Å². The molecule has 0 aromatic carbocycles. The van der Waals surface area contributed by atoms with Gasteiger partial charge in [0.25, 0.3) is 11.8 Å². The van der Waals surface area contributed by atoms with Gasteiger partial charge in [-0.15, -0.1) is 11.3 Å². The van der Waals surface area contributed by atoms with Crippen LogP contribution in [0.15, 0.2) is 53.6 Å². The first kappa shape index (κ1) is 21.0. The molecule has 4 aromatic rings. The van der Waals surface area contributed by atoms with E-state index in [0.29, 0.717) is 27.5 Å². The van der Waals surface area contributed by atoms with Crippen LogP contribution in [0.5, 0.6) is 0 Å². The molecule has 1 N–H and O–H groups in total. The van der Waals surface area contributed by atoms with Crippen LogP contribution in [-0.4, -0.2) is 32.0 Å². The van der Waals surface area contributed by atoms with E-state index in [2.05, 4.69) is 25.4 Å². The second-order valence-corrected chi connectivity index (χ2v) is 8.55. The summed E-state index contributed by atoms with van der Waals surface area (Å²) in [5.41, 5.74) is 2.46. The van der Waals surface area contributed by atoms with Crippen LogP contribution in [-0.2, 0) is 24.2 Å². The van der Waals surface area contributed by atoms with Crippen molar-refractivity contribution in [1.82, 2.24) is 20.1 Å². The van der Waals surface area contributed by atoms with Crippen molar-refractivity contribution in [3.05, 3.63) is 76.5 Å². The third-order valence-electron chi connectivity index (χ3n) is 5.24. The molecule has 9 nitrogen and oxygen atoms in total. The second-order valence-electron chi connectivity index (χ2n) is 7.44. The first-order valence-corrected chi connectivity index (χ1v) is 11.3. The molecule has 0 aliphatic heterocycles. The lowest BCUT2D eigenvalue weighted by Gasteiger charge is -2.12. The predicted molar refractivity (Wildman–Crippen MR) is 120 cm³/mol. The maximum atomic E-state index is 13.1. The van der Waals surface area contributed by atoms with Crippen LogP contribution in [0.2, 0.25) is 0 Å². The van der Waals surface area contributed by atoms with Crippen LogP contribution in [0, 0.1) is 0 Å². The Morgan fingerprint density at radius 2 is 1.91 bits per heavy atom. The zero-order valence-corrected chi connectivity index (χ0v) is 18.3. The predicted octanol–water partition coefficient (Wildman–Crippen LogP) is 4.08. The largest absolute Gasteiger partial charge is 0.452 e. The molecule has 10 heteroatoms. The highest BCUT2D eigenvalue weighted by atomic mass is 32.1. The lowest BCUT2D eigenvalue weighted by molar-refractivity contribution is 0.0430. The van der Waals surface area contributed by atoms with Crippen molar-refractivity contribution in [2.75, 3.05) is 5.32 Å². The van der Waals surface area contributed by atoms with Crippen LogP contribution in [0.3, 0.4) is 0 Å². The van der Waals surface area contributed by atoms with Gasteiger partial charge in [-0.2, -0.15) is 4.98 Å². The number of pyridine rings is 2. The molecule has 0 atom stereocenters. The Balaban J connectivity index is 1.34. The van der Waals surface area contributed by atoms with Crippen LogP contribution in [0.4, 0.5) is 5.00 Å². The fraction of sp³-hybridized carbons (Fsp3) is 0.217. The Bertz CT molecular complexity index is 1290. The zero-order chi connectivity index (χ0) is 22.6. The standard InChI is InChI=1S/C23H19N5O4S/c29-21(15-6-4-10-25-12-15)27-22-19(16-7-1-2-8-17(16)33-22)23(30)31-13-18-26-20(28-32-18)14-5-3-9-24-11-14/h3-6,9-12H,1-2,7-8,13H2,(H,27,29). The monoisotopic (exact) mass is 461 g/mol. The zero-order valence-electron chi connectivity index (χ0n) is 17.5. The molecule has 0 saturated heterocycles. The average molecular weight is 462 g/mol. The van der Waals surface area contributed by atoms with E-state index in [9.17, 15) is 9.59 Å². The minimum atomic E-state index is -0.531. The lowest BCUT2D eigenvalue weighted by atomic mass is 9.95. The first-order valence-electron chi connectivity index (χ1n) is 10.4. The normalized spacial score (nSPS) is 12.7. The first-order chi connectivity index (χ1) is 16.2. The number of fused-ring (bicyclic) bond motifs is 1. The van der Waals surface area contributed by atoms with Gasteiger partial charge in [-0.3, -0.25) is 14.8 Å². The SMILES string of the molecule is O=C(Nc1sc2c(c1C(=O)OCc1nc(-c3cccnc3)no1)CCCC2)c1cccnc1. The van der Waals surface area contributed by atoms with Crippen molar-refractivity contribution in [3.63, 3.8) is 0 Å². The van der Waals surface area contributed by atoms with Crippen molar-refractivity contribution < 1.29 is 18.8 Å². The lowest BCUT2D eigenvalue weighted by Crippen LogP contribution is -2.16. The Morgan fingerprint density at radius 3 is 2.70 bits per heavy atom. The number of carbonyl (C=O) groups excluding carboxylic acids is 2. The number of aryl methyl sites for hydroxylation is 1. The molecular weight excluding hydrogens is 442 g/mol. The maximum Gasteiger partial charge on any atom is 0.341 e. The van der Waals surface area contributed by atoms with E-state index in [4.69, 9.17) is 9.26 Å². The summed E-state index contributed by atoms with van der Waals surface area (Å²) >= 11 is 1.42. The van der Waals surface area contributed by atoms with Crippen LogP contribution in [0.1, 0.15) is 49.9 Å². The highest BCUT2D eigenvalue weighted by Crippen LogP contribution is 2.39. The van der Waals surface area contributed by atoms with Crippen molar-refractivity contribution in [2.24, 2.45) is 0 Å². The number of carbonyl (C=O) groups is 2.